The van der Waals surface area contributed by atoms with Crippen LogP contribution in [0.4, 0.5) is 5.82 Å². The lowest BCUT2D eigenvalue weighted by atomic mass is 10.2. The number of hydrogen-bond acceptors (Lipinski definition) is 3. The summed E-state index contributed by atoms with van der Waals surface area (Å²) < 4.78 is 2.08. The van der Waals surface area contributed by atoms with Gasteiger partial charge in [0.05, 0.1) is 18.3 Å². The van der Waals surface area contributed by atoms with Gasteiger partial charge in [-0.05, 0) is 38.1 Å². The SMILES string of the molecule is Cc1ccc2cc(C)n(-c3cnc4c(c3)CC(=O)N4)c2n1. The van der Waals surface area contributed by atoms with Crippen molar-refractivity contribution in [2.24, 2.45) is 0 Å². The van der Waals surface area contributed by atoms with Gasteiger partial charge in [0, 0.05) is 22.3 Å². The van der Waals surface area contributed by atoms with Gasteiger partial charge in [0.25, 0.3) is 0 Å². The molecule has 0 spiro atoms. The Bertz CT molecular complexity index is 895. The molecule has 1 aliphatic heterocycles. The fraction of sp³-hybridized carbons (Fsp3) is 0.188. The first kappa shape index (κ1) is 12.1. The number of hydrogen-bond donors (Lipinski definition) is 1. The van der Waals surface area contributed by atoms with Gasteiger partial charge in [-0.2, -0.15) is 0 Å². The molecular formula is C16H14N4O. The Morgan fingerprint density at radius 3 is 2.95 bits per heavy atom. The number of anilines is 1. The van der Waals surface area contributed by atoms with Gasteiger partial charge in [-0.25, -0.2) is 9.97 Å². The van der Waals surface area contributed by atoms with E-state index in [0.29, 0.717) is 12.2 Å². The number of pyridine rings is 2. The van der Waals surface area contributed by atoms with Gasteiger partial charge in [-0.15, -0.1) is 0 Å². The quantitative estimate of drug-likeness (QED) is 0.744. The highest BCUT2D eigenvalue weighted by Gasteiger charge is 2.20. The Morgan fingerprint density at radius 2 is 2.10 bits per heavy atom. The molecule has 104 valence electrons. The number of nitrogens with one attached hydrogen (secondary N) is 1. The van der Waals surface area contributed by atoms with Gasteiger partial charge in [0.2, 0.25) is 5.91 Å². The van der Waals surface area contributed by atoms with Crippen molar-refractivity contribution in [3.8, 4) is 5.69 Å². The summed E-state index contributed by atoms with van der Waals surface area (Å²) >= 11 is 0. The molecule has 4 rings (SSSR count). The third-order valence-electron chi connectivity index (χ3n) is 3.79. The van der Waals surface area contributed by atoms with Crippen LogP contribution in [0.3, 0.4) is 0 Å². The lowest BCUT2D eigenvalue weighted by molar-refractivity contribution is -0.115. The van der Waals surface area contributed by atoms with Crippen molar-refractivity contribution in [1.82, 2.24) is 14.5 Å². The normalized spacial score (nSPS) is 13.5. The zero-order valence-corrected chi connectivity index (χ0v) is 11.8. The first-order valence-electron chi connectivity index (χ1n) is 6.87. The Balaban J connectivity index is 1.95. The van der Waals surface area contributed by atoms with Gasteiger partial charge in [-0.3, -0.25) is 9.36 Å². The van der Waals surface area contributed by atoms with Crippen molar-refractivity contribution >= 4 is 22.8 Å². The standard InChI is InChI=1S/C16H14N4O/c1-9-3-4-11-5-10(2)20(16(11)18-9)13-6-12-7-14(21)19-15(12)17-8-13/h3-6,8H,7H2,1-2H3,(H,17,19,21). The molecular weight excluding hydrogens is 264 g/mol. The minimum atomic E-state index is -0.00212. The fourth-order valence-electron chi connectivity index (χ4n) is 2.84. The number of fused-ring (bicyclic) bond motifs is 2. The minimum Gasteiger partial charge on any atom is -0.310 e. The van der Waals surface area contributed by atoms with Crippen molar-refractivity contribution in [2.45, 2.75) is 20.3 Å². The highest BCUT2D eigenvalue weighted by molar-refractivity contribution is 5.98. The molecule has 0 aromatic carbocycles. The summed E-state index contributed by atoms with van der Waals surface area (Å²) in [4.78, 5) is 20.4. The van der Waals surface area contributed by atoms with Crippen LogP contribution in [0.25, 0.3) is 16.7 Å². The van der Waals surface area contributed by atoms with Crippen LogP contribution in [0.5, 0.6) is 0 Å². The van der Waals surface area contributed by atoms with Crippen LogP contribution in [-0.2, 0) is 11.2 Å². The molecule has 3 aromatic rings. The minimum absolute atomic E-state index is 0.00212. The maximum absolute atomic E-state index is 11.5. The number of rotatable bonds is 1. The lowest BCUT2D eigenvalue weighted by Gasteiger charge is -2.09. The maximum Gasteiger partial charge on any atom is 0.230 e. The lowest BCUT2D eigenvalue weighted by Crippen LogP contribution is -2.04. The van der Waals surface area contributed by atoms with E-state index in [1.807, 2.05) is 26.0 Å². The third-order valence-corrected chi connectivity index (χ3v) is 3.79. The van der Waals surface area contributed by atoms with E-state index in [-0.39, 0.29) is 5.91 Å². The van der Waals surface area contributed by atoms with Crippen LogP contribution < -0.4 is 5.32 Å². The predicted molar refractivity (Wildman–Crippen MR) is 80.7 cm³/mol. The summed E-state index contributed by atoms with van der Waals surface area (Å²) in [7, 11) is 0. The largest absolute Gasteiger partial charge is 0.310 e. The number of carbonyl (C=O) groups is 1. The van der Waals surface area contributed by atoms with E-state index >= 15 is 0 Å². The molecule has 0 fully saturated rings. The molecule has 4 heterocycles. The van der Waals surface area contributed by atoms with E-state index in [2.05, 4.69) is 32.0 Å². The number of nitrogens with zero attached hydrogens (tertiary/aromatic N) is 3. The molecule has 0 saturated carbocycles. The smallest absolute Gasteiger partial charge is 0.230 e. The summed E-state index contributed by atoms with van der Waals surface area (Å²) in [6.07, 6.45) is 2.17. The third kappa shape index (κ3) is 1.81. The van der Waals surface area contributed by atoms with E-state index < -0.39 is 0 Å². The maximum atomic E-state index is 11.5. The molecule has 0 bridgehead atoms. The molecule has 1 aliphatic rings. The summed E-state index contributed by atoms with van der Waals surface area (Å²) in [6.45, 7) is 4.03. The molecule has 3 aromatic heterocycles. The molecule has 0 atom stereocenters. The van der Waals surface area contributed by atoms with Crippen LogP contribution in [0.2, 0.25) is 0 Å². The van der Waals surface area contributed by atoms with Gasteiger partial charge in [0.15, 0.2) is 0 Å². The van der Waals surface area contributed by atoms with Gasteiger partial charge in [0.1, 0.15) is 11.5 Å². The van der Waals surface area contributed by atoms with Crippen LogP contribution in [-0.4, -0.2) is 20.4 Å². The number of aromatic nitrogens is 3. The van der Waals surface area contributed by atoms with E-state index in [1.165, 1.54) is 0 Å². The number of amides is 1. The van der Waals surface area contributed by atoms with E-state index in [9.17, 15) is 4.79 Å². The van der Waals surface area contributed by atoms with Gasteiger partial charge < -0.3 is 5.32 Å². The predicted octanol–water partition coefficient (Wildman–Crippen LogP) is 2.53. The van der Waals surface area contributed by atoms with E-state index in [0.717, 1.165) is 33.7 Å². The van der Waals surface area contributed by atoms with E-state index in [1.54, 1.807) is 6.20 Å². The van der Waals surface area contributed by atoms with Crippen LogP contribution >= 0.6 is 0 Å². The second-order valence-electron chi connectivity index (χ2n) is 5.41. The van der Waals surface area contributed by atoms with Gasteiger partial charge in [-0.1, -0.05) is 0 Å². The van der Waals surface area contributed by atoms with Crippen LogP contribution in [0.1, 0.15) is 17.0 Å². The molecule has 0 aliphatic carbocycles. The number of carbonyl (C=O) groups excluding carboxylic acids is 1. The monoisotopic (exact) mass is 278 g/mol. The zero-order chi connectivity index (χ0) is 14.6. The fourth-order valence-corrected chi connectivity index (χ4v) is 2.84. The summed E-state index contributed by atoms with van der Waals surface area (Å²) in [5, 5.41) is 3.86. The molecule has 5 heteroatoms. The second-order valence-corrected chi connectivity index (χ2v) is 5.41. The summed E-state index contributed by atoms with van der Waals surface area (Å²) in [5.41, 5.74) is 4.88. The Morgan fingerprint density at radius 1 is 1.24 bits per heavy atom. The topological polar surface area (TPSA) is 59.8 Å². The molecule has 1 amide bonds. The summed E-state index contributed by atoms with van der Waals surface area (Å²) in [5.74, 6) is 0.666. The van der Waals surface area contributed by atoms with Crippen molar-refractivity contribution in [3.63, 3.8) is 0 Å². The molecule has 0 saturated heterocycles. The van der Waals surface area contributed by atoms with E-state index in [4.69, 9.17) is 0 Å². The Kier molecular flexibility index (Phi) is 2.39. The van der Waals surface area contributed by atoms with Crippen molar-refractivity contribution in [3.05, 3.63) is 47.4 Å². The van der Waals surface area contributed by atoms with Gasteiger partial charge >= 0.3 is 0 Å². The highest BCUT2D eigenvalue weighted by Crippen LogP contribution is 2.27. The first-order valence-corrected chi connectivity index (χ1v) is 6.87. The van der Waals surface area contributed by atoms with Crippen LogP contribution in [0.15, 0.2) is 30.5 Å². The Hall–Kier alpha value is -2.69. The van der Waals surface area contributed by atoms with Crippen molar-refractivity contribution in [1.29, 1.82) is 0 Å². The zero-order valence-electron chi connectivity index (χ0n) is 11.8. The first-order chi connectivity index (χ1) is 10.1. The molecule has 21 heavy (non-hydrogen) atoms. The molecule has 5 nitrogen and oxygen atoms in total. The average molecular weight is 278 g/mol. The van der Waals surface area contributed by atoms with Crippen molar-refractivity contribution in [2.75, 3.05) is 5.32 Å². The molecule has 1 N–H and O–H groups in total. The number of aryl methyl sites for hydroxylation is 2. The second kappa shape index (κ2) is 4.15. The Labute approximate surface area is 121 Å². The van der Waals surface area contributed by atoms with Crippen molar-refractivity contribution < 1.29 is 4.79 Å². The average Bonchev–Trinajstić information content (AvgIpc) is 2.95. The summed E-state index contributed by atoms with van der Waals surface area (Å²) in [6, 6.07) is 8.21. The molecule has 0 radical (unpaired) electrons. The van der Waals surface area contributed by atoms with Crippen LogP contribution in [0, 0.1) is 13.8 Å². The highest BCUT2D eigenvalue weighted by atomic mass is 16.1. The molecule has 0 unspecified atom stereocenters.